The molecule has 0 spiro atoms. The van der Waals surface area contributed by atoms with Crippen LogP contribution in [0.1, 0.15) is 11.1 Å². The number of amides is 1. The standard InChI is InChI=1S/C17H18F2N2O3S/c1-11-4-5-16(6-12(11)2)25(23,24)21(3)10-17(22)20-15-8-13(18)7-14(19)9-15/h4-9H,10H2,1-3H3,(H,20,22). The van der Waals surface area contributed by atoms with Gasteiger partial charge in [0.25, 0.3) is 0 Å². The van der Waals surface area contributed by atoms with E-state index in [2.05, 4.69) is 5.32 Å². The number of likely N-dealkylation sites (N-methyl/N-ethyl adjacent to an activating group) is 1. The molecule has 0 aromatic heterocycles. The number of rotatable bonds is 5. The fraction of sp³-hybridized carbons (Fsp3) is 0.235. The van der Waals surface area contributed by atoms with Crippen LogP contribution in [0, 0.1) is 25.5 Å². The number of halogens is 2. The fourth-order valence-corrected chi connectivity index (χ4v) is 3.38. The first-order chi connectivity index (χ1) is 11.6. The predicted molar refractivity (Wildman–Crippen MR) is 90.7 cm³/mol. The lowest BCUT2D eigenvalue weighted by atomic mass is 10.1. The molecule has 2 rings (SSSR count). The van der Waals surface area contributed by atoms with Gasteiger partial charge in [-0.2, -0.15) is 4.31 Å². The summed E-state index contributed by atoms with van der Waals surface area (Å²) in [6.07, 6.45) is 0. The van der Waals surface area contributed by atoms with Crippen molar-refractivity contribution >= 4 is 21.6 Å². The van der Waals surface area contributed by atoms with Gasteiger partial charge in [0, 0.05) is 18.8 Å². The molecule has 2 aromatic rings. The summed E-state index contributed by atoms with van der Waals surface area (Å²) in [7, 11) is -2.60. The molecule has 0 saturated heterocycles. The number of sulfonamides is 1. The van der Waals surface area contributed by atoms with Crippen molar-refractivity contribution in [1.82, 2.24) is 4.31 Å². The van der Waals surface area contributed by atoms with Gasteiger partial charge in [-0.1, -0.05) is 6.07 Å². The summed E-state index contributed by atoms with van der Waals surface area (Å²) < 4.78 is 52.2. The summed E-state index contributed by atoms with van der Waals surface area (Å²) >= 11 is 0. The summed E-state index contributed by atoms with van der Waals surface area (Å²) in [5, 5.41) is 2.27. The Labute approximate surface area is 145 Å². The Morgan fingerprint density at radius 2 is 1.64 bits per heavy atom. The van der Waals surface area contributed by atoms with E-state index in [4.69, 9.17) is 0 Å². The van der Waals surface area contributed by atoms with Crippen LogP contribution >= 0.6 is 0 Å². The van der Waals surface area contributed by atoms with Crippen LogP contribution in [0.3, 0.4) is 0 Å². The van der Waals surface area contributed by atoms with Crippen LogP contribution in [0.2, 0.25) is 0 Å². The molecule has 25 heavy (non-hydrogen) atoms. The van der Waals surface area contributed by atoms with Crippen LogP contribution in [0.5, 0.6) is 0 Å². The maximum atomic E-state index is 13.1. The maximum Gasteiger partial charge on any atom is 0.243 e. The van der Waals surface area contributed by atoms with Crippen LogP contribution in [-0.2, 0) is 14.8 Å². The number of carbonyl (C=O) groups is 1. The van der Waals surface area contributed by atoms with Gasteiger partial charge < -0.3 is 5.32 Å². The molecular formula is C17H18F2N2O3S. The highest BCUT2D eigenvalue weighted by molar-refractivity contribution is 7.89. The lowest BCUT2D eigenvalue weighted by Crippen LogP contribution is -2.35. The molecule has 5 nitrogen and oxygen atoms in total. The number of anilines is 1. The first kappa shape index (κ1) is 19.0. The zero-order chi connectivity index (χ0) is 18.8. The monoisotopic (exact) mass is 368 g/mol. The van der Waals surface area contributed by atoms with Gasteiger partial charge in [0.05, 0.1) is 11.4 Å². The third-order valence-corrected chi connectivity index (χ3v) is 5.50. The zero-order valence-electron chi connectivity index (χ0n) is 14.0. The smallest absolute Gasteiger partial charge is 0.243 e. The molecule has 0 saturated carbocycles. The molecule has 134 valence electrons. The molecule has 1 amide bonds. The minimum Gasteiger partial charge on any atom is -0.325 e. The molecule has 0 atom stereocenters. The third kappa shape index (κ3) is 4.61. The van der Waals surface area contributed by atoms with E-state index in [-0.39, 0.29) is 10.6 Å². The SMILES string of the molecule is Cc1ccc(S(=O)(=O)N(C)CC(=O)Nc2cc(F)cc(F)c2)cc1C. The minimum absolute atomic E-state index is 0.0719. The first-order valence-corrected chi connectivity index (χ1v) is 8.83. The quantitative estimate of drug-likeness (QED) is 0.883. The van der Waals surface area contributed by atoms with Gasteiger partial charge in [-0.05, 0) is 49.2 Å². The van der Waals surface area contributed by atoms with Crippen LogP contribution in [0.15, 0.2) is 41.3 Å². The average molecular weight is 368 g/mol. The van der Waals surface area contributed by atoms with E-state index in [1.165, 1.54) is 19.2 Å². The Morgan fingerprint density at radius 1 is 1.04 bits per heavy atom. The second-order valence-electron chi connectivity index (χ2n) is 5.71. The topological polar surface area (TPSA) is 66.5 Å². The van der Waals surface area contributed by atoms with E-state index >= 15 is 0 Å². The summed E-state index contributed by atoms with van der Waals surface area (Å²) in [6.45, 7) is 3.16. The zero-order valence-corrected chi connectivity index (χ0v) is 14.8. The molecule has 0 aliphatic heterocycles. The minimum atomic E-state index is -3.86. The fourth-order valence-electron chi connectivity index (χ4n) is 2.17. The van der Waals surface area contributed by atoms with E-state index < -0.39 is 34.1 Å². The molecule has 0 aliphatic carbocycles. The first-order valence-electron chi connectivity index (χ1n) is 7.39. The van der Waals surface area contributed by atoms with E-state index in [9.17, 15) is 22.0 Å². The van der Waals surface area contributed by atoms with E-state index in [0.29, 0.717) is 6.07 Å². The molecule has 0 bridgehead atoms. The molecule has 1 N–H and O–H groups in total. The van der Waals surface area contributed by atoms with E-state index in [0.717, 1.165) is 27.6 Å². The highest BCUT2D eigenvalue weighted by Crippen LogP contribution is 2.18. The van der Waals surface area contributed by atoms with Crippen LogP contribution < -0.4 is 5.32 Å². The van der Waals surface area contributed by atoms with Crippen molar-refractivity contribution < 1.29 is 22.0 Å². The van der Waals surface area contributed by atoms with E-state index in [1.54, 1.807) is 13.0 Å². The van der Waals surface area contributed by atoms with Gasteiger partial charge in [-0.25, -0.2) is 17.2 Å². The molecule has 2 aromatic carbocycles. The predicted octanol–water partition coefficient (Wildman–Crippen LogP) is 2.84. The Hall–Kier alpha value is -2.32. The molecule has 0 fully saturated rings. The van der Waals surface area contributed by atoms with E-state index in [1.807, 2.05) is 6.92 Å². The normalized spacial score (nSPS) is 11.6. The third-order valence-electron chi connectivity index (χ3n) is 3.70. The van der Waals surface area contributed by atoms with Gasteiger partial charge in [-0.15, -0.1) is 0 Å². The Bertz CT molecular complexity index is 894. The van der Waals surface area contributed by atoms with Crippen molar-refractivity contribution in [3.8, 4) is 0 Å². The number of aryl methyl sites for hydroxylation is 2. The van der Waals surface area contributed by atoms with Gasteiger partial charge in [-0.3, -0.25) is 4.79 Å². The Morgan fingerprint density at radius 3 is 2.20 bits per heavy atom. The number of nitrogens with one attached hydrogen (secondary N) is 1. The van der Waals surface area contributed by atoms with Crippen molar-refractivity contribution in [3.05, 3.63) is 59.2 Å². The molecule has 0 unspecified atom stereocenters. The van der Waals surface area contributed by atoms with Gasteiger partial charge >= 0.3 is 0 Å². The highest BCUT2D eigenvalue weighted by atomic mass is 32.2. The van der Waals surface area contributed by atoms with Crippen LogP contribution in [0.25, 0.3) is 0 Å². The number of benzene rings is 2. The number of hydrogen-bond donors (Lipinski definition) is 1. The molecule has 0 radical (unpaired) electrons. The van der Waals surface area contributed by atoms with Crippen molar-refractivity contribution in [2.24, 2.45) is 0 Å². The molecule has 8 heteroatoms. The summed E-state index contributed by atoms with van der Waals surface area (Å²) in [5.41, 5.74) is 1.68. The van der Waals surface area contributed by atoms with Crippen molar-refractivity contribution in [2.75, 3.05) is 18.9 Å². The van der Waals surface area contributed by atoms with Gasteiger partial charge in [0.15, 0.2) is 0 Å². The Kier molecular flexibility index (Phi) is 5.54. The van der Waals surface area contributed by atoms with Crippen LogP contribution in [0.4, 0.5) is 14.5 Å². The Balaban J connectivity index is 2.12. The number of nitrogens with zero attached hydrogens (tertiary/aromatic N) is 1. The summed E-state index contributed by atoms with van der Waals surface area (Å²) in [6, 6.07) is 7.24. The molecule has 0 heterocycles. The lowest BCUT2D eigenvalue weighted by Gasteiger charge is -2.17. The second-order valence-corrected chi connectivity index (χ2v) is 7.76. The van der Waals surface area contributed by atoms with Crippen molar-refractivity contribution in [1.29, 1.82) is 0 Å². The largest absolute Gasteiger partial charge is 0.325 e. The van der Waals surface area contributed by atoms with Gasteiger partial charge in [0.2, 0.25) is 15.9 Å². The maximum absolute atomic E-state index is 13.1. The summed E-state index contributed by atoms with van der Waals surface area (Å²) in [4.78, 5) is 12.1. The molecule has 0 aliphatic rings. The lowest BCUT2D eigenvalue weighted by molar-refractivity contribution is -0.116. The van der Waals surface area contributed by atoms with Crippen LogP contribution in [-0.4, -0.2) is 32.2 Å². The molecular weight excluding hydrogens is 350 g/mol. The number of hydrogen-bond acceptors (Lipinski definition) is 3. The average Bonchev–Trinajstić information content (AvgIpc) is 2.48. The van der Waals surface area contributed by atoms with Gasteiger partial charge in [0.1, 0.15) is 11.6 Å². The van der Waals surface area contributed by atoms with Crippen molar-refractivity contribution in [2.45, 2.75) is 18.7 Å². The number of carbonyl (C=O) groups excluding carboxylic acids is 1. The second kappa shape index (κ2) is 7.28. The van der Waals surface area contributed by atoms with Crippen molar-refractivity contribution in [3.63, 3.8) is 0 Å². The summed E-state index contributed by atoms with van der Waals surface area (Å²) in [5.74, 6) is -2.39. The highest BCUT2D eigenvalue weighted by Gasteiger charge is 2.23.